The number of aliphatic carboxylic acids is 1. The van der Waals surface area contributed by atoms with Crippen LogP contribution in [0, 0.1) is 0 Å². The third-order valence-electron chi connectivity index (χ3n) is 3.04. The Bertz CT molecular complexity index is 346. The molecule has 7 nitrogen and oxygen atoms in total. The molecule has 1 unspecified atom stereocenters. The Morgan fingerprint density at radius 1 is 1.37 bits per heavy atom. The van der Waals surface area contributed by atoms with Crippen molar-refractivity contribution >= 4 is 17.9 Å². The second-order valence-corrected chi connectivity index (χ2v) is 4.67. The van der Waals surface area contributed by atoms with Crippen LogP contribution in [0.1, 0.15) is 32.6 Å². The van der Waals surface area contributed by atoms with Crippen molar-refractivity contribution < 1.29 is 19.5 Å². The van der Waals surface area contributed by atoms with Crippen molar-refractivity contribution in [3.05, 3.63) is 0 Å². The van der Waals surface area contributed by atoms with Gasteiger partial charge in [0.1, 0.15) is 0 Å². The van der Waals surface area contributed by atoms with Gasteiger partial charge in [-0.1, -0.05) is 6.92 Å². The predicted molar refractivity (Wildman–Crippen MR) is 68.7 cm³/mol. The van der Waals surface area contributed by atoms with Gasteiger partial charge in [0.15, 0.2) is 0 Å². The van der Waals surface area contributed by atoms with Gasteiger partial charge in [0.2, 0.25) is 5.91 Å². The lowest BCUT2D eigenvalue weighted by Gasteiger charge is -2.22. The second-order valence-electron chi connectivity index (χ2n) is 4.67. The standard InChI is InChI=1S/C12H21N3O4/c1-2-5-13-12(19)14-10(16)8-15-6-3-4-9(15)7-11(17)18/h9H,2-8H2,1H3,(H,17,18)(H2,13,14,16,19). The molecule has 1 heterocycles. The average Bonchev–Trinajstić information content (AvgIpc) is 2.72. The number of carboxylic acids is 1. The van der Waals surface area contributed by atoms with E-state index in [1.807, 2.05) is 11.8 Å². The minimum atomic E-state index is -0.863. The van der Waals surface area contributed by atoms with Gasteiger partial charge in [-0.2, -0.15) is 0 Å². The summed E-state index contributed by atoms with van der Waals surface area (Å²) in [6.45, 7) is 3.20. The number of nitrogens with one attached hydrogen (secondary N) is 2. The van der Waals surface area contributed by atoms with Crippen LogP contribution in [0.4, 0.5) is 4.79 Å². The molecule has 3 N–H and O–H groups in total. The molecule has 1 aliphatic rings. The van der Waals surface area contributed by atoms with Crippen LogP contribution in [0.2, 0.25) is 0 Å². The van der Waals surface area contributed by atoms with E-state index in [0.717, 1.165) is 19.3 Å². The highest BCUT2D eigenvalue weighted by Gasteiger charge is 2.28. The first-order chi connectivity index (χ1) is 9.02. The molecule has 0 aromatic heterocycles. The molecule has 0 aliphatic carbocycles. The van der Waals surface area contributed by atoms with Gasteiger partial charge in [-0.15, -0.1) is 0 Å². The summed E-state index contributed by atoms with van der Waals surface area (Å²) in [6.07, 6.45) is 2.50. The van der Waals surface area contributed by atoms with E-state index in [-0.39, 0.29) is 19.0 Å². The van der Waals surface area contributed by atoms with Gasteiger partial charge < -0.3 is 10.4 Å². The molecule has 1 fully saturated rings. The van der Waals surface area contributed by atoms with Gasteiger partial charge in [-0.3, -0.25) is 19.8 Å². The van der Waals surface area contributed by atoms with Gasteiger partial charge in [0.25, 0.3) is 0 Å². The second kappa shape index (κ2) is 7.73. The number of carbonyl (C=O) groups excluding carboxylic acids is 2. The summed E-state index contributed by atoms with van der Waals surface area (Å²) in [4.78, 5) is 35.4. The lowest BCUT2D eigenvalue weighted by molar-refractivity contribution is -0.138. The minimum absolute atomic E-state index is 0.0370. The average molecular weight is 271 g/mol. The monoisotopic (exact) mass is 271 g/mol. The molecule has 1 aliphatic heterocycles. The van der Waals surface area contributed by atoms with E-state index >= 15 is 0 Å². The van der Waals surface area contributed by atoms with Crippen molar-refractivity contribution in [2.45, 2.75) is 38.6 Å². The Morgan fingerprint density at radius 3 is 2.74 bits per heavy atom. The molecular formula is C12H21N3O4. The largest absolute Gasteiger partial charge is 0.481 e. The molecule has 0 spiro atoms. The highest BCUT2D eigenvalue weighted by molar-refractivity contribution is 5.95. The number of hydrogen-bond donors (Lipinski definition) is 3. The van der Waals surface area contributed by atoms with E-state index < -0.39 is 17.9 Å². The quantitative estimate of drug-likeness (QED) is 0.639. The molecule has 0 saturated carbocycles. The SMILES string of the molecule is CCCNC(=O)NC(=O)CN1CCCC1CC(=O)O. The van der Waals surface area contributed by atoms with Crippen LogP contribution in [0.15, 0.2) is 0 Å². The highest BCUT2D eigenvalue weighted by Crippen LogP contribution is 2.19. The van der Waals surface area contributed by atoms with Crippen LogP contribution in [0.5, 0.6) is 0 Å². The van der Waals surface area contributed by atoms with Gasteiger partial charge >= 0.3 is 12.0 Å². The molecule has 1 saturated heterocycles. The van der Waals surface area contributed by atoms with Crippen LogP contribution >= 0.6 is 0 Å². The van der Waals surface area contributed by atoms with Crippen LogP contribution in [0.3, 0.4) is 0 Å². The summed E-state index contributed by atoms with van der Waals surface area (Å²) in [5.41, 5.74) is 0. The first-order valence-corrected chi connectivity index (χ1v) is 6.56. The van der Waals surface area contributed by atoms with E-state index in [4.69, 9.17) is 5.11 Å². The number of hydrogen-bond acceptors (Lipinski definition) is 4. The van der Waals surface area contributed by atoms with E-state index in [9.17, 15) is 14.4 Å². The summed E-state index contributed by atoms with van der Waals surface area (Å²) in [6, 6.07) is -0.609. The topological polar surface area (TPSA) is 98.7 Å². The number of urea groups is 1. The maximum absolute atomic E-state index is 11.6. The Morgan fingerprint density at radius 2 is 2.11 bits per heavy atom. The molecule has 1 atom stereocenters. The van der Waals surface area contributed by atoms with Gasteiger partial charge in [0, 0.05) is 12.6 Å². The van der Waals surface area contributed by atoms with Crippen LogP contribution < -0.4 is 10.6 Å². The molecule has 1 rings (SSSR count). The summed E-state index contributed by atoms with van der Waals surface area (Å²) < 4.78 is 0. The molecule has 0 aromatic carbocycles. The van der Waals surface area contributed by atoms with Crippen molar-refractivity contribution in [1.82, 2.24) is 15.5 Å². The number of likely N-dealkylation sites (tertiary alicyclic amines) is 1. The van der Waals surface area contributed by atoms with Crippen LogP contribution in [0.25, 0.3) is 0 Å². The van der Waals surface area contributed by atoms with Gasteiger partial charge in [-0.25, -0.2) is 4.79 Å². The third kappa shape index (κ3) is 5.69. The zero-order chi connectivity index (χ0) is 14.3. The minimum Gasteiger partial charge on any atom is -0.481 e. The van der Waals surface area contributed by atoms with Crippen molar-refractivity contribution in [2.75, 3.05) is 19.6 Å². The van der Waals surface area contributed by atoms with Crippen LogP contribution in [-0.4, -0.2) is 53.6 Å². The van der Waals surface area contributed by atoms with E-state index in [2.05, 4.69) is 10.6 Å². The Balaban J connectivity index is 2.34. The zero-order valence-corrected chi connectivity index (χ0v) is 11.1. The predicted octanol–water partition coefficient (Wildman–Crippen LogP) is 0.161. The summed E-state index contributed by atoms with van der Waals surface area (Å²) in [5.74, 6) is -1.26. The third-order valence-corrected chi connectivity index (χ3v) is 3.04. The number of imide groups is 1. The van der Waals surface area contributed by atoms with Crippen molar-refractivity contribution in [3.8, 4) is 0 Å². The Hall–Kier alpha value is -1.63. The van der Waals surface area contributed by atoms with Crippen molar-refractivity contribution in [1.29, 1.82) is 0 Å². The Labute approximate surface area is 112 Å². The summed E-state index contributed by atoms with van der Waals surface area (Å²) >= 11 is 0. The van der Waals surface area contributed by atoms with Gasteiger partial charge in [0.05, 0.1) is 13.0 Å². The molecule has 19 heavy (non-hydrogen) atoms. The highest BCUT2D eigenvalue weighted by atomic mass is 16.4. The molecular weight excluding hydrogens is 250 g/mol. The van der Waals surface area contributed by atoms with E-state index in [0.29, 0.717) is 13.1 Å². The fraction of sp³-hybridized carbons (Fsp3) is 0.750. The number of nitrogens with zero attached hydrogens (tertiary/aromatic N) is 1. The molecule has 0 bridgehead atoms. The number of rotatable bonds is 6. The maximum Gasteiger partial charge on any atom is 0.321 e. The zero-order valence-electron chi connectivity index (χ0n) is 11.1. The number of carbonyl (C=O) groups is 3. The van der Waals surface area contributed by atoms with E-state index in [1.54, 1.807) is 0 Å². The van der Waals surface area contributed by atoms with E-state index in [1.165, 1.54) is 0 Å². The summed E-state index contributed by atoms with van der Waals surface area (Å²) in [5, 5.41) is 13.6. The summed E-state index contributed by atoms with van der Waals surface area (Å²) in [7, 11) is 0. The lowest BCUT2D eigenvalue weighted by Crippen LogP contribution is -2.46. The van der Waals surface area contributed by atoms with Gasteiger partial charge in [-0.05, 0) is 25.8 Å². The lowest BCUT2D eigenvalue weighted by atomic mass is 10.1. The normalized spacial score (nSPS) is 19.1. The van der Waals surface area contributed by atoms with Crippen molar-refractivity contribution in [3.63, 3.8) is 0 Å². The first-order valence-electron chi connectivity index (χ1n) is 6.56. The fourth-order valence-corrected chi connectivity index (χ4v) is 2.17. The Kier molecular flexibility index (Phi) is 6.27. The van der Waals surface area contributed by atoms with Crippen LogP contribution in [-0.2, 0) is 9.59 Å². The van der Waals surface area contributed by atoms with Crippen molar-refractivity contribution in [2.24, 2.45) is 0 Å². The molecule has 7 heteroatoms. The molecule has 3 amide bonds. The maximum atomic E-state index is 11.6. The fourth-order valence-electron chi connectivity index (χ4n) is 2.17. The number of carboxylic acid groups (broad SMARTS) is 1. The smallest absolute Gasteiger partial charge is 0.321 e. The molecule has 0 aromatic rings. The first kappa shape index (κ1) is 15.4. The molecule has 0 radical (unpaired) electrons. The number of amides is 3. The molecule has 108 valence electrons.